The van der Waals surface area contributed by atoms with Gasteiger partial charge < -0.3 is 10.1 Å². The highest BCUT2D eigenvalue weighted by Gasteiger charge is 2.18. The number of carboxylic acid groups (broad SMARTS) is 1. The third-order valence-electron chi connectivity index (χ3n) is 2.09. The Labute approximate surface area is 107 Å². The first-order valence-corrected chi connectivity index (χ1v) is 7.14. The summed E-state index contributed by atoms with van der Waals surface area (Å²) < 4.78 is 26.0. The number of nitrogens with one attached hydrogen (secondary N) is 2. The van der Waals surface area contributed by atoms with Crippen molar-refractivity contribution in [1.82, 2.24) is 14.7 Å². The van der Waals surface area contributed by atoms with Gasteiger partial charge in [-0.15, -0.1) is 11.3 Å². The quantitative estimate of drug-likeness (QED) is 0.747. The second kappa shape index (κ2) is 4.88. The van der Waals surface area contributed by atoms with Crippen LogP contribution in [0.1, 0.15) is 16.1 Å². The molecule has 3 N–H and O–H groups in total. The fraction of sp³-hybridized carbons (Fsp3) is 0.111. The molecule has 0 fully saturated rings. The van der Waals surface area contributed by atoms with Crippen LogP contribution >= 0.6 is 11.3 Å². The number of sulfonamides is 1. The van der Waals surface area contributed by atoms with Gasteiger partial charge in [-0.1, -0.05) is 0 Å². The van der Waals surface area contributed by atoms with E-state index in [0.717, 1.165) is 17.4 Å². The highest BCUT2D eigenvalue weighted by molar-refractivity contribution is 7.91. The Morgan fingerprint density at radius 1 is 1.56 bits per heavy atom. The van der Waals surface area contributed by atoms with Gasteiger partial charge in [-0.25, -0.2) is 22.9 Å². The van der Waals surface area contributed by atoms with Gasteiger partial charge in [0.1, 0.15) is 4.21 Å². The Bertz CT molecular complexity index is 645. The largest absolute Gasteiger partial charge is 0.478 e. The number of aromatic amines is 1. The van der Waals surface area contributed by atoms with E-state index in [2.05, 4.69) is 14.7 Å². The Hall–Kier alpha value is -1.71. The maximum absolute atomic E-state index is 11.8. The van der Waals surface area contributed by atoms with Crippen LogP contribution in [0, 0.1) is 0 Å². The topological polar surface area (TPSA) is 112 Å². The SMILES string of the molecule is O=C(O)c1csc(S(=O)(=O)NCc2cnc[nH]2)c1. The summed E-state index contributed by atoms with van der Waals surface area (Å²) in [6.07, 6.45) is 2.94. The molecule has 2 heterocycles. The summed E-state index contributed by atoms with van der Waals surface area (Å²) in [6, 6.07) is 1.13. The molecule has 2 rings (SSSR count). The van der Waals surface area contributed by atoms with Crippen LogP contribution in [0.15, 0.2) is 28.2 Å². The van der Waals surface area contributed by atoms with Gasteiger partial charge in [0.15, 0.2) is 0 Å². The molecule has 0 bridgehead atoms. The van der Waals surface area contributed by atoms with Gasteiger partial charge in [0.05, 0.1) is 18.4 Å². The van der Waals surface area contributed by atoms with Crippen molar-refractivity contribution in [2.75, 3.05) is 0 Å². The number of carboxylic acids is 1. The lowest BCUT2D eigenvalue weighted by molar-refractivity contribution is 0.0697. The van der Waals surface area contributed by atoms with Crippen molar-refractivity contribution in [3.63, 3.8) is 0 Å². The minimum atomic E-state index is -3.69. The molecule has 2 aromatic heterocycles. The molecular formula is C9H9N3O4S2. The number of nitrogens with zero attached hydrogens (tertiary/aromatic N) is 1. The standard InChI is InChI=1S/C9H9N3O4S2/c13-9(14)6-1-8(17-4-6)18(15,16)12-3-7-2-10-5-11-7/h1-2,4-5,12H,3H2,(H,10,11)(H,13,14). The average Bonchev–Trinajstić information content (AvgIpc) is 2.98. The normalized spacial score (nSPS) is 11.6. The number of imidazole rings is 1. The van der Waals surface area contributed by atoms with Crippen molar-refractivity contribution in [2.24, 2.45) is 0 Å². The molecule has 0 saturated heterocycles. The van der Waals surface area contributed by atoms with E-state index in [4.69, 9.17) is 5.11 Å². The van der Waals surface area contributed by atoms with Crippen LogP contribution in [0.2, 0.25) is 0 Å². The zero-order valence-corrected chi connectivity index (χ0v) is 10.6. The molecule has 96 valence electrons. The van der Waals surface area contributed by atoms with Gasteiger partial charge in [-0.2, -0.15) is 0 Å². The highest BCUT2D eigenvalue weighted by atomic mass is 32.2. The molecule has 0 amide bonds. The van der Waals surface area contributed by atoms with E-state index in [9.17, 15) is 13.2 Å². The third-order valence-corrected chi connectivity index (χ3v) is 4.94. The summed E-state index contributed by atoms with van der Waals surface area (Å²) in [6.45, 7) is 0.0721. The minimum Gasteiger partial charge on any atom is -0.478 e. The first kappa shape index (κ1) is 12.7. The number of rotatable bonds is 5. The van der Waals surface area contributed by atoms with Gasteiger partial charge in [0.2, 0.25) is 10.0 Å². The number of hydrogen-bond donors (Lipinski definition) is 3. The molecule has 9 heteroatoms. The molecule has 0 saturated carbocycles. The van der Waals surface area contributed by atoms with Crippen molar-refractivity contribution < 1.29 is 18.3 Å². The predicted octanol–water partition coefficient (Wildman–Crippen LogP) is 0.648. The molecule has 2 aromatic rings. The monoisotopic (exact) mass is 287 g/mol. The predicted molar refractivity (Wildman–Crippen MR) is 63.9 cm³/mol. The summed E-state index contributed by atoms with van der Waals surface area (Å²) in [5.74, 6) is -1.15. The van der Waals surface area contributed by atoms with E-state index < -0.39 is 16.0 Å². The molecule has 0 unspecified atom stereocenters. The fourth-order valence-electron chi connectivity index (χ4n) is 1.19. The number of aromatic carboxylic acids is 1. The van der Waals surface area contributed by atoms with E-state index in [1.807, 2.05) is 0 Å². The van der Waals surface area contributed by atoms with E-state index in [-0.39, 0.29) is 16.3 Å². The number of H-pyrrole nitrogens is 1. The number of thiophene rings is 1. The fourth-order valence-corrected chi connectivity index (χ4v) is 3.40. The summed E-state index contributed by atoms with van der Waals surface area (Å²) >= 11 is 0.865. The summed E-state index contributed by atoms with van der Waals surface area (Å²) in [7, 11) is -3.69. The lowest BCUT2D eigenvalue weighted by Gasteiger charge is -2.02. The van der Waals surface area contributed by atoms with E-state index in [0.29, 0.717) is 5.69 Å². The second-order valence-corrected chi connectivity index (χ2v) is 6.27. The molecule has 0 spiro atoms. The molecular weight excluding hydrogens is 278 g/mol. The van der Waals surface area contributed by atoms with Gasteiger partial charge >= 0.3 is 5.97 Å². The Kier molecular flexibility index (Phi) is 3.45. The number of aromatic nitrogens is 2. The van der Waals surface area contributed by atoms with Gasteiger partial charge in [-0.05, 0) is 6.07 Å². The molecule has 0 atom stereocenters. The Balaban J connectivity index is 2.12. The maximum atomic E-state index is 11.8. The van der Waals surface area contributed by atoms with Crippen LogP contribution in [0.4, 0.5) is 0 Å². The summed E-state index contributed by atoms with van der Waals surface area (Å²) in [5, 5.41) is 10.0. The van der Waals surface area contributed by atoms with Crippen LogP contribution in [0.25, 0.3) is 0 Å². The highest BCUT2D eigenvalue weighted by Crippen LogP contribution is 2.20. The molecule has 0 aliphatic carbocycles. The van der Waals surface area contributed by atoms with Crippen LogP contribution in [-0.2, 0) is 16.6 Å². The zero-order valence-electron chi connectivity index (χ0n) is 8.95. The first-order valence-electron chi connectivity index (χ1n) is 4.78. The van der Waals surface area contributed by atoms with Crippen LogP contribution in [0.3, 0.4) is 0 Å². The summed E-state index contributed by atoms with van der Waals surface area (Å²) in [5.41, 5.74) is 0.579. The second-order valence-electron chi connectivity index (χ2n) is 3.36. The van der Waals surface area contributed by atoms with Crippen molar-refractivity contribution in [2.45, 2.75) is 10.8 Å². The summed E-state index contributed by atoms with van der Waals surface area (Å²) in [4.78, 5) is 17.2. The van der Waals surface area contributed by atoms with Crippen molar-refractivity contribution >= 4 is 27.3 Å². The lowest BCUT2D eigenvalue weighted by Crippen LogP contribution is -2.22. The Morgan fingerprint density at radius 3 is 2.89 bits per heavy atom. The van der Waals surface area contributed by atoms with E-state index >= 15 is 0 Å². The third kappa shape index (κ3) is 2.75. The minimum absolute atomic E-state index is 0.0283. The van der Waals surface area contributed by atoms with Crippen LogP contribution < -0.4 is 4.72 Å². The zero-order chi connectivity index (χ0) is 13.2. The van der Waals surface area contributed by atoms with Gasteiger partial charge in [0, 0.05) is 17.3 Å². The molecule has 0 radical (unpaired) electrons. The van der Waals surface area contributed by atoms with Crippen LogP contribution in [-0.4, -0.2) is 29.5 Å². The Morgan fingerprint density at radius 2 is 2.33 bits per heavy atom. The maximum Gasteiger partial charge on any atom is 0.336 e. The number of carbonyl (C=O) groups is 1. The average molecular weight is 287 g/mol. The molecule has 18 heavy (non-hydrogen) atoms. The number of hydrogen-bond acceptors (Lipinski definition) is 5. The molecule has 0 aliphatic rings. The van der Waals surface area contributed by atoms with Gasteiger partial charge in [-0.3, -0.25) is 0 Å². The van der Waals surface area contributed by atoms with Gasteiger partial charge in [0.25, 0.3) is 0 Å². The van der Waals surface area contributed by atoms with E-state index in [1.165, 1.54) is 17.9 Å². The van der Waals surface area contributed by atoms with E-state index in [1.54, 1.807) is 0 Å². The lowest BCUT2D eigenvalue weighted by atomic mass is 10.4. The van der Waals surface area contributed by atoms with Crippen LogP contribution in [0.5, 0.6) is 0 Å². The molecule has 0 aromatic carbocycles. The molecule has 7 nitrogen and oxygen atoms in total. The van der Waals surface area contributed by atoms with Crippen molar-refractivity contribution in [3.05, 3.63) is 35.2 Å². The first-order chi connectivity index (χ1) is 8.49. The van der Waals surface area contributed by atoms with Crippen molar-refractivity contribution in [1.29, 1.82) is 0 Å². The smallest absolute Gasteiger partial charge is 0.336 e. The molecule has 0 aliphatic heterocycles. The van der Waals surface area contributed by atoms with Crippen molar-refractivity contribution in [3.8, 4) is 0 Å².